The second-order valence-corrected chi connectivity index (χ2v) is 4.66. The first-order chi connectivity index (χ1) is 6.90. The standard InChI is InChI=1S/C11H14ClFN2/c1-11(2,3)15-14-7-8-9(12)5-4-6-10(8)13/h4-7,15H,1-3H3/b14-7+. The molecule has 0 atom stereocenters. The van der Waals surface area contributed by atoms with Crippen molar-refractivity contribution in [2.24, 2.45) is 5.10 Å². The summed E-state index contributed by atoms with van der Waals surface area (Å²) in [6.45, 7) is 5.90. The quantitative estimate of drug-likeness (QED) is 0.610. The van der Waals surface area contributed by atoms with Crippen molar-refractivity contribution in [3.63, 3.8) is 0 Å². The van der Waals surface area contributed by atoms with Crippen LogP contribution in [0.3, 0.4) is 0 Å². The van der Waals surface area contributed by atoms with Gasteiger partial charge in [-0.15, -0.1) is 0 Å². The zero-order valence-electron chi connectivity index (χ0n) is 9.01. The van der Waals surface area contributed by atoms with Crippen molar-refractivity contribution in [2.45, 2.75) is 26.3 Å². The number of hydrazone groups is 1. The van der Waals surface area contributed by atoms with Crippen molar-refractivity contribution >= 4 is 17.8 Å². The highest BCUT2D eigenvalue weighted by molar-refractivity contribution is 6.33. The summed E-state index contributed by atoms with van der Waals surface area (Å²) in [5.41, 5.74) is 3.03. The number of rotatable bonds is 2. The summed E-state index contributed by atoms with van der Waals surface area (Å²) in [6.07, 6.45) is 1.39. The lowest BCUT2D eigenvalue weighted by molar-refractivity contribution is 0.442. The first-order valence-electron chi connectivity index (χ1n) is 4.64. The summed E-state index contributed by atoms with van der Waals surface area (Å²) in [5.74, 6) is -0.373. The van der Waals surface area contributed by atoms with Crippen LogP contribution in [-0.2, 0) is 0 Å². The van der Waals surface area contributed by atoms with Crippen LogP contribution in [0.15, 0.2) is 23.3 Å². The second-order valence-electron chi connectivity index (χ2n) is 4.26. The molecule has 1 aromatic rings. The molecule has 82 valence electrons. The van der Waals surface area contributed by atoms with E-state index < -0.39 is 0 Å². The van der Waals surface area contributed by atoms with Crippen LogP contribution in [0.25, 0.3) is 0 Å². The summed E-state index contributed by atoms with van der Waals surface area (Å²) >= 11 is 5.82. The van der Waals surface area contributed by atoms with Gasteiger partial charge in [0.1, 0.15) is 5.82 Å². The van der Waals surface area contributed by atoms with E-state index in [4.69, 9.17) is 11.6 Å². The Hall–Kier alpha value is -1.09. The lowest BCUT2D eigenvalue weighted by Crippen LogP contribution is -2.31. The van der Waals surface area contributed by atoms with E-state index in [-0.39, 0.29) is 11.4 Å². The monoisotopic (exact) mass is 228 g/mol. The van der Waals surface area contributed by atoms with Crippen molar-refractivity contribution in [2.75, 3.05) is 0 Å². The predicted octanol–water partition coefficient (Wildman–Crippen LogP) is 3.20. The van der Waals surface area contributed by atoms with Gasteiger partial charge in [-0.2, -0.15) is 5.10 Å². The summed E-state index contributed by atoms with van der Waals surface area (Å²) in [6, 6.07) is 4.54. The number of halogens is 2. The van der Waals surface area contributed by atoms with Gasteiger partial charge in [-0.25, -0.2) is 4.39 Å². The highest BCUT2D eigenvalue weighted by atomic mass is 35.5. The van der Waals surface area contributed by atoms with Gasteiger partial charge in [0, 0.05) is 11.1 Å². The van der Waals surface area contributed by atoms with E-state index in [1.165, 1.54) is 12.3 Å². The number of nitrogens with zero attached hydrogens (tertiary/aromatic N) is 1. The minimum Gasteiger partial charge on any atom is -0.305 e. The molecule has 0 saturated heterocycles. The molecule has 15 heavy (non-hydrogen) atoms. The average Bonchev–Trinajstić information content (AvgIpc) is 2.08. The van der Waals surface area contributed by atoms with E-state index >= 15 is 0 Å². The molecule has 0 spiro atoms. The molecule has 0 unspecified atom stereocenters. The Balaban J connectivity index is 2.81. The summed E-state index contributed by atoms with van der Waals surface area (Å²) in [4.78, 5) is 0. The molecule has 0 fully saturated rings. The Kier molecular flexibility index (Phi) is 3.69. The molecule has 0 amide bonds. The molecule has 4 heteroatoms. The molecule has 1 N–H and O–H groups in total. The fraction of sp³-hybridized carbons (Fsp3) is 0.364. The molecule has 0 aromatic heterocycles. The van der Waals surface area contributed by atoms with Crippen molar-refractivity contribution in [1.29, 1.82) is 0 Å². The van der Waals surface area contributed by atoms with Crippen LogP contribution >= 0.6 is 11.6 Å². The summed E-state index contributed by atoms with van der Waals surface area (Å²) in [7, 11) is 0. The van der Waals surface area contributed by atoms with E-state index in [0.717, 1.165) is 0 Å². The maximum atomic E-state index is 13.3. The molecule has 0 aliphatic carbocycles. The molecular weight excluding hydrogens is 215 g/mol. The molecular formula is C11H14ClFN2. The molecule has 1 rings (SSSR count). The summed E-state index contributed by atoms with van der Waals surface area (Å²) in [5, 5.41) is 4.29. The third-order valence-electron chi connectivity index (χ3n) is 1.59. The van der Waals surface area contributed by atoms with Crippen LogP contribution in [0.5, 0.6) is 0 Å². The second kappa shape index (κ2) is 4.62. The van der Waals surface area contributed by atoms with Crippen LogP contribution in [-0.4, -0.2) is 11.8 Å². The zero-order chi connectivity index (χ0) is 11.5. The Morgan fingerprint density at radius 1 is 1.40 bits per heavy atom. The minimum absolute atomic E-state index is 0.145. The van der Waals surface area contributed by atoms with Gasteiger partial charge in [-0.3, -0.25) is 0 Å². The highest BCUT2D eigenvalue weighted by Gasteiger charge is 2.07. The molecule has 0 aliphatic heterocycles. The van der Waals surface area contributed by atoms with Gasteiger partial charge in [0.05, 0.1) is 11.2 Å². The Bertz CT molecular complexity index is 349. The number of hydrogen-bond donors (Lipinski definition) is 1. The molecule has 0 heterocycles. The number of hydrogen-bond acceptors (Lipinski definition) is 2. The third kappa shape index (κ3) is 3.88. The molecule has 0 radical (unpaired) electrons. The lowest BCUT2D eigenvalue weighted by Gasteiger charge is -2.17. The largest absolute Gasteiger partial charge is 0.305 e. The van der Waals surface area contributed by atoms with Gasteiger partial charge in [-0.1, -0.05) is 17.7 Å². The Morgan fingerprint density at radius 2 is 2.07 bits per heavy atom. The van der Waals surface area contributed by atoms with Gasteiger partial charge in [0.25, 0.3) is 0 Å². The number of benzene rings is 1. The molecule has 0 bridgehead atoms. The van der Waals surface area contributed by atoms with E-state index in [1.807, 2.05) is 20.8 Å². The average molecular weight is 229 g/mol. The van der Waals surface area contributed by atoms with Crippen molar-refractivity contribution in [1.82, 2.24) is 5.43 Å². The Morgan fingerprint density at radius 3 is 2.60 bits per heavy atom. The van der Waals surface area contributed by atoms with Gasteiger partial charge < -0.3 is 5.43 Å². The first-order valence-corrected chi connectivity index (χ1v) is 5.02. The molecule has 1 aromatic carbocycles. The zero-order valence-corrected chi connectivity index (χ0v) is 9.77. The van der Waals surface area contributed by atoms with Gasteiger partial charge >= 0.3 is 0 Å². The van der Waals surface area contributed by atoms with E-state index in [0.29, 0.717) is 10.6 Å². The van der Waals surface area contributed by atoms with Crippen LogP contribution in [0.4, 0.5) is 4.39 Å². The van der Waals surface area contributed by atoms with E-state index in [9.17, 15) is 4.39 Å². The van der Waals surface area contributed by atoms with Gasteiger partial charge in [0.15, 0.2) is 0 Å². The highest BCUT2D eigenvalue weighted by Crippen LogP contribution is 2.16. The maximum Gasteiger partial charge on any atom is 0.133 e. The van der Waals surface area contributed by atoms with Crippen LogP contribution in [0, 0.1) is 5.82 Å². The smallest absolute Gasteiger partial charge is 0.133 e. The lowest BCUT2D eigenvalue weighted by atomic mass is 10.1. The van der Waals surface area contributed by atoms with Gasteiger partial charge in [-0.05, 0) is 32.9 Å². The van der Waals surface area contributed by atoms with E-state index in [2.05, 4.69) is 10.5 Å². The SMILES string of the molecule is CC(C)(C)N/N=C/c1c(F)cccc1Cl. The van der Waals surface area contributed by atoms with Crippen molar-refractivity contribution in [3.05, 3.63) is 34.6 Å². The predicted molar refractivity (Wildman–Crippen MR) is 61.9 cm³/mol. The van der Waals surface area contributed by atoms with Gasteiger partial charge in [0.2, 0.25) is 0 Å². The van der Waals surface area contributed by atoms with Crippen LogP contribution in [0.2, 0.25) is 5.02 Å². The molecule has 2 nitrogen and oxygen atoms in total. The van der Waals surface area contributed by atoms with Crippen molar-refractivity contribution in [3.8, 4) is 0 Å². The maximum absolute atomic E-state index is 13.3. The topological polar surface area (TPSA) is 24.4 Å². The fourth-order valence-electron chi connectivity index (χ4n) is 0.925. The normalized spacial score (nSPS) is 12.1. The number of nitrogens with one attached hydrogen (secondary N) is 1. The van der Waals surface area contributed by atoms with Crippen LogP contribution in [0.1, 0.15) is 26.3 Å². The molecule has 0 aliphatic rings. The fourth-order valence-corrected chi connectivity index (χ4v) is 1.14. The Labute approximate surface area is 94.1 Å². The minimum atomic E-state index is -0.373. The van der Waals surface area contributed by atoms with E-state index in [1.54, 1.807) is 12.1 Å². The third-order valence-corrected chi connectivity index (χ3v) is 1.92. The molecule has 0 saturated carbocycles. The van der Waals surface area contributed by atoms with Crippen LogP contribution < -0.4 is 5.43 Å². The van der Waals surface area contributed by atoms with Crippen molar-refractivity contribution < 1.29 is 4.39 Å². The first kappa shape index (κ1) is 12.0. The summed E-state index contributed by atoms with van der Waals surface area (Å²) < 4.78 is 13.3.